The summed E-state index contributed by atoms with van der Waals surface area (Å²) < 4.78 is 0. The van der Waals surface area contributed by atoms with Gasteiger partial charge in [0.2, 0.25) is 0 Å². The lowest BCUT2D eigenvalue weighted by Crippen LogP contribution is -2.19. The predicted octanol–water partition coefficient (Wildman–Crippen LogP) is 7.67. The molecule has 1 heterocycles. The molecule has 1 aliphatic heterocycles. The van der Waals surface area contributed by atoms with E-state index in [2.05, 4.69) is 67.3 Å². The molecule has 0 amide bonds. The smallest absolute Gasteiger partial charge is 0.146 e. The van der Waals surface area contributed by atoms with Gasteiger partial charge in [-0.1, -0.05) is 70.2 Å². The van der Waals surface area contributed by atoms with Gasteiger partial charge < -0.3 is 4.90 Å². The molecule has 0 aliphatic carbocycles. The van der Waals surface area contributed by atoms with Crippen molar-refractivity contribution >= 4 is 23.7 Å². The molecule has 0 fully saturated rings. The number of benzene rings is 2. The van der Waals surface area contributed by atoms with E-state index in [0.29, 0.717) is 0 Å². The van der Waals surface area contributed by atoms with Crippen molar-refractivity contribution in [3.05, 3.63) is 64.7 Å². The molecule has 3 rings (SSSR count). The Balaban J connectivity index is 1.87. The van der Waals surface area contributed by atoms with Crippen LogP contribution in [0.5, 0.6) is 0 Å². The molecular weight excluding hydrogens is 366 g/mol. The van der Waals surface area contributed by atoms with E-state index in [-0.39, 0.29) is 0 Å². The number of carbonyl (C=O) groups excluding carboxylic acids is 1. The number of hydrogen-bond donors (Lipinski definition) is 0. The van der Waals surface area contributed by atoms with Crippen LogP contribution in [-0.2, 0) is 17.6 Å². The van der Waals surface area contributed by atoms with Gasteiger partial charge in [-0.3, -0.25) is 4.79 Å². The fraction of sp³-hybridized carbons (Fsp3) is 0.464. The molecule has 0 aromatic heterocycles. The Hall–Kier alpha value is -2.35. The van der Waals surface area contributed by atoms with E-state index in [1.165, 1.54) is 61.0 Å². The standard InChI is InChI=1S/C28H37NO/c1-3-5-7-11-19-29-27-14-10-9-13-25(27)16-17-26-21-23(15-18-28(26)29)20-24(22-30)12-8-6-4-2/h9-10,13-15,18,20-22H,3-8,11-12,16-17,19H2,1-2H3/b24-20+. The van der Waals surface area contributed by atoms with Crippen molar-refractivity contribution in [1.82, 2.24) is 0 Å². The molecule has 0 bridgehead atoms. The second-order valence-corrected chi connectivity index (χ2v) is 8.52. The van der Waals surface area contributed by atoms with E-state index in [9.17, 15) is 4.79 Å². The summed E-state index contributed by atoms with van der Waals surface area (Å²) in [4.78, 5) is 14.1. The number of unbranched alkanes of at least 4 members (excludes halogenated alkanes) is 5. The number of fused-ring (bicyclic) bond motifs is 2. The maximum Gasteiger partial charge on any atom is 0.146 e. The molecule has 0 N–H and O–H groups in total. The molecule has 0 saturated carbocycles. The fourth-order valence-corrected chi connectivity index (χ4v) is 4.44. The van der Waals surface area contributed by atoms with Crippen LogP contribution in [-0.4, -0.2) is 12.8 Å². The molecule has 0 atom stereocenters. The number of nitrogens with zero attached hydrogens (tertiary/aromatic N) is 1. The van der Waals surface area contributed by atoms with Crippen molar-refractivity contribution in [3.8, 4) is 0 Å². The summed E-state index contributed by atoms with van der Waals surface area (Å²) in [6.45, 7) is 5.53. The summed E-state index contributed by atoms with van der Waals surface area (Å²) in [5, 5.41) is 0. The second kappa shape index (κ2) is 11.7. The molecule has 2 aromatic rings. The lowest BCUT2D eigenvalue weighted by atomic mass is 10.00. The molecular formula is C28H37NO. The third kappa shape index (κ3) is 5.84. The number of allylic oxidation sites excluding steroid dienone is 1. The average Bonchev–Trinajstić information content (AvgIpc) is 2.93. The van der Waals surface area contributed by atoms with Crippen LogP contribution < -0.4 is 4.90 Å². The highest BCUT2D eigenvalue weighted by Gasteiger charge is 2.20. The van der Waals surface area contributed by atoms with Gasteiger partial charge in [0.15, 0.2) is 0 Å². The van der Waals surface area contributed by atoms with Crippen molar-refractivity contribution in [1.29, 1.82) is 0 Å². The molecule has 30 heavy (non-hydrogen) atoms. The Kier molecular flexibility index (Phi) is 8.74. The minimum atomic E-state index is 0.878. The number of anilines is 2. The van der Waals surface area contributed by atoms with E-state index < -0.39 is 0 Å². The molecule has 2 aromatic carbocycles. The lowest BCUT2D eigenvalue weighted by Gasteiger charge is -2.27. The van der Waals surface area contributed by atoms with Crippen LogP contribution in [0.15, 0.2) is 48.0 Å². The van der Waals surface area contributed by atoms with Gasteiger partial charge in [-0.05, 0) is 78.6 Å². The summed E-state index contributed by atoms with van der Waals surface area (Å²) in [6.07, 6.45) is 14.6. The summed E-state index contributed by atoms with van der Waals surface area (Å²) in [7, 11) is 0. The van der Waals surface area contributed by atoms with Gasteiger partial charge in [0.05, 0.1) is 0 Å². The van der Waals surface area contributed by atoms with Crippen molar-refractivity contribution in [2.75, 3.05) is 11.4 Å². The normalized spacial score (nSPS) is 13.5. The molecule has 1 aliphatic rings. The van der Waals surface area contributed by atoms with E-state index in [0.717, 1.165) is 49.7 Å². The highest BCUT2D eigenvalue weighted by atomic mass is 16.1. The quantitative estimate of drug-likeness (QED) is 0.218. The highest BCUT2D eigenvalue weighted by Crippen LogP contribution is 2.37. The number of aryl methyl sites for hydroxylation is 2. The van der Waals surface area contributed by atoms with Crippen LogP contribution in [0.1, 0.15) is 81.9 Å². The average molecular weight is 404 g/mol. The van der Waals surface area contributed by atoms with Gasteiger partial charge in [-0.2, -0.15) is 0 Å². The largest absolute Gasteiger partial charge is 0.341 e. The summed E-state index contributed by atoms with van der Waals surface area (Å²) >= 11 is 0. The van der Waals surface area contributed by atoms with E-state index >= 15 is 0 Å². The van der Waals surface area contributed by atoms with E-state index in [4.69, 9.17) is 0 Å². The van der Waals surface area contributed by atoms with Crippen molar-refractivity contribution in [2.24, 2.45) is 0 Å². The summed E-state index contributed by atoms with van der Waals surface area (Å²) in [5.74, 6) is 0. The Morgan fingerprint density at radius 1 is 0.867 bits per heavy atom. The first-order chi connectivity index (χ1) is 14.8. The van der Waals surface area contributed by atoms with Gasteiger partial charge in [0, 0.05) is 17.9 Å². The molecule has 160 valence electrons. The zero-order valence-corrected chi connectivity index (χ0v) is 18.8. The maximum absolute atomic E-state index is 11.5. The fourth-order valence-electron chi connectivity index (χ4n) is 4.44. The zero-order chi connectivity index (χ0) is 21.2. The molecule has 2 nitrogen and oxygen atoms in total. The van der Waals surface area contributed by atoms with E-state index in [1.807, 2.05) is 0 Å². The number of carbonyl (C=O) groups is 1. The first-order valence-electron chi connectivity index (χ1n) is 11.9. The van der Waals surface area contributed by atoms with Gasteiger partial charge in [0.1, 0.15) is 6.29 Å². The lowest BCUT2D eigenvalue weighted by molar-refractivity contribution is -0.105. The van der Waals surface area contributed by atoms with Crippen LogP contribution in [0.4, 0.5) is 11.4 Å². The van der Waals surface area contributed by atoms with Gasteiger partial charge in [0.25, 0.3) is 0 Å². The summed E-state index contributed by atoms with van der Waals surface area (Å²) in [6, 6.07) is 15.6. The van der Waals surface area contributed by atoms with E-state index in [1.54, 1.807) is 0 Å². The minimum absolute atomic E-state index is 0.878. The zero-order valence-electron chi connectivity index (χ0n) is 18.8. The van der Waals surface area contributed by atoms with Gasteiger partial charge >= 0.3 is 0 Å². The number of hydrogen-bond acceptors (Lipinski definition) is 2. The number of para-hydroxylation sites is 1. The van der Waals surface area contributed by atoms with Crippen LogP contribution in [0.25, 0.3) is 6.08 Å². The van der Waals surface area contributed by atoms with Crippen molar-refractivity contribution < 1.29 is 4.79 Å². The van der Waals surface area contributed by atoms with Crippen molar-refractivity contribution in [3.63, 3.8) is 0 Å². The van der Waals surface area contributed by atoms with Crippen LogP contribution in [0.3, 0.4) is 0 Å². The minimum Gasteiger partial charge on any atom is -0.341 e. The van der Waals surface area contributed by atoms with Gasteiger partial charge in [-0.15, -0.1) is 0 Å². The summed E-state index contributed by atoms with van der Waals surface area (Å²) in [5.41, 5.74) is 7.61. The van der Waals surface area contributed by atoms with Gasteiger partial charge in [-0.25, -0.2) is 0 Å². The molecule has 0 radical (unpaired) electrons. The Bertz CT molecular complexity index is 851. The molecule has 0 spiro atoms. The molecule has 0 saturated heterocycles. The van der Waals surface area contributed by atoms with Crippen molar-refractivity contribution in [2.45, 2.75) is 78.1 Å². The van der Waals surface area contributed by atoms with Crippen LogP contribution in [0.2, 0.25) is 0 Å². The Morgan fingerprint density at radius 3 is 2.40 bits per heavy atom. The van der Waals surface area contributed by atoms with Crippen LogP contribution >= 0.6 is 0 Å². The maximum atomic E-state index is 11.5. The second-order valence-electron chi connectivity index (χ2n) is 8.52. The highest BCUT2D eigenvalue weighted by molar-refractivity contribution is 5.82. The number of aldehydes is 1. The number of rotatable bonds is 11. The topological polar surface area (TPSA) is 20.3 Å². The first kappa shape index (κ1) is 22.3. The third-order valence-electron chi connectivity index (χ3n) is 6.15. The molecule has 2 heteroatoms. The molecule has 0 unspecified atom stereocenters. The Morgan fingerprint density at radius 2 is 1.60 bits per heavy atom. The SMILES string of the molecule is CCCCCCN1c2ccccc2CCc2cc(/C=C(/C=O)CCCCC)ccc21. The Labute approximate surface area is 183 Å². The first-order valence-corrected chi connectivity index (χ1v) is 11.9. The predicted molar refractivity (Wildman–Crippen MR) is 130 cm³/mol. The third-order valence-corrected chi connectivity index (χ3v) is 6.15. The monoisotopic (exact) mass is 403 g/mol. The van der Waals surface area contributed by atoms with Crippen LogP contribution in [0, 0.1) is 0 Å².